The van der Waals surface area contributed by atoms with Gasteiger partial charge in [0.25, 0.3) is 0 Å². The molecule has 32 heavy (non-hydrogen) atoms. The van der Waals surface area contributed by atoms with Crippen molar-refractivity contribution >= 4 is 45.5 Å². The van der Waals surface area contributed by atoms with Gasteiger partial charge in [-0.1, -0.05) is 45.1 Å². The van der Waals surface area contributed by atoms with E-state index in [0.717, 1.165) is 43.7 Å². The minimum absolute atomic E-state index is 0.139. The van der Waals surface area contributed by atoms with Gasteiger partial charge in [0.2, 0.25) is 0 Å². The molecular weight excluding hydrogens is 459 g/mol. The summed E-state index contributed by atoms with van der Waals surface area (Å²) in [6.07, 6.45) is 5.21. The monoisotopic (exact) mass is 487 g/mol. The largest absolute Gasteiger partial charge is 0.493 e. The summed E-state index contributed by atoms with van der Waals surface area (Å²) in [5.74, 6) is -0.148. The Morgan fingerprint density at radius 2 is 1.97 bits per heavy atom. The van der Waals surface area contributed by atoms with Crippen molar-refractivity contribution in [2.75, 3.05) is 17.9 Å². The lowest BCUT2D eigenvalue weighted by Crippen LogP contribution is -2.10. The van der Waals surface area contributed by atoms with Crippen LogP contribution in [-0.2, 0) is 6.18 Å². The number of hydrogen-bond donors (Lipinski definition) is 1. The maximum absolute atomic E-state index is 13.6. The molecule has 0 aliphatic rings. The lowest BCUT2D eigenvalue weighted by atomic mass is 10.1. The molecule has 0 unspecified atom stereocenters. The summed E-state index contributed by atoms with van der Waals surface area (Å²) in [6.45, 7) is 4.26. The number of halogens is 4. The number of nitrogens with zero attached hydrogens (tertiary/aromatic N) is 2. The second kappa shape index (κ2) is 13.5. The van der Waals surface area contributed by atoms with Gasteiger partial charge >= 0.3 is 6.18 Å². The molecule has 0 bridgehead atoms. The number of hydrogen-bond acceptors (Lipinski definition) is 5. The second-order valence-electron chi connectivity index (χ2n) is 7.16. The van der Waals surface area contributed by atoms with E-state index >= 15 is 0 Å². The minimum atomic E-state index is -4.52. The van der Waals surface area contributed by atoms with Gasteiger partial charge in [0, 0.05) is 22.9 Å². The molecule has 0 atom stereocenters. The van der Waals surface area contributed by atoms with Crippen LogP contribution in [0.25, 0.3) is 5.57 Å². The number of anilines is 2. The molecular formula is C23H29ClF3N3OS. The molecule has 0 fully saturated rings. The van der Waals surface area contributed by atoms with E-state index < -0.39 is 11.7 Å². The van der Waals surface area contributed by atoms with E-state index in [1.54, 1.807) is 17.7 Å². The van der Waals surface area contributed by atoms with Crippen LogP contribution in [0.15, 0.2) is 34.6 Å². The topological polar surface area (TPSA) is 46.5 Å². The van der Waals surface area contributed by atoms with E-state index in [0.29, 0.717) is 16.5 Å². The predicted molar refractivity (Wildman–Crippen MR) is 129 cm³/mol. The molecule has 176 valence electrons. The number of alkyl halides is 4. The Bertz CT molecular complexity index is 897. The molecule has 2 rings (SSSR count). The van der Waals surface area contributed by atoms with Gasteiger partial charge in [-0.05, 0) is 31.5 Å². The third-order valence-corrected chi connectivity index (χ3v) is 5.60. The van der Waals surface area contributed by atoms with Crippen LogP contribution >= 0.6 is 22.9 Å². The minimum Gasteiger partial charge on any atom is -0.493 e. The van der Waals surface area contributed by atoms with Crippen LogP contribution in [0.1, 0.15) is 63.6 Å². The van der Waals surface area contributed by atoms with E-state index in [4.69, 9.17) is 16.3 Å². The number of thiazole rings is 1. The Kier molecular flexibility index (Phi) is 11.0. The van der Waals surface area contributed by atoms with Gasteiger partial charge in [-0.15, -0.1) is 22.9 Å². The highest BCUT2D eigenvalue weighted by Crippen LogP contribution is 2.38. The lowest BCUT2D eigenvalue weighted by Gasteiger charge is -2.15. The number of allylic oxidation sites excluding steroid dienone is 2. The van der Waals surface area contributed by atoms with E-state index in [1.807, 2.05) is 13.0 Å². The standard InChI is InChI=1S/C23H29ClF3N3OS/c1-3-5-6-7-8-9-12-31-21-11-10-18(13-19(21)23(25,26)27)29-22-30-20(15-32-22)17(4-2)14-28-16-24/h4,10-11,13-15H,3,5-9,12,16H2,1-2H3,(H,29,30)/b17-4+,28-14-. The van der Waals surface area contributed by atoms with E-state index in [-0.39, 0.29) is 18.4 Å². The molecule has 1 aromatic carbocycles. The summed E-state index contributed by atoms with van der Waals surface area (Å²) in [5, 5.41) is 5.23. The van der Waals surface area contributed by atoms with Crippen molar-refractivity contribution in [3.63, 3.8) is 0 Å². The van der Waals surface area contributed by atoms with Crippen LogP contribution in [0.2, 0.25) is 0 Å². The fourth-order valence-electron chi connectivity index (χ4n) is 3.03. The molecule has 1 N–H and O–H groups in total. The van der Waals surface area contributed by atoms with Crippen LogP contribution in [0.5, 0.6) is 5.75 Å². The Balaban J connectivity index is 2.05. The van der Waals surface area contributed by atoms with Crippen LogP contribution in [0, 0.1) is 0 Å². The van der Waals surface area contributed by atoms with Crippen molar-refractivity contribution < 1.29 is 17.9 Å². The number of aromatic nitrogens is 1. The van der Waals surface area contributed by atoms with Crippen LogP contribution in [-0.4, -0.2) is 23.8 Å². The Hall–Kier alpha value is -2.06. The zero-order valence-electron chi connectivity index (χ0n) is 18.3. The molecule has 0 saturated heterocycles. The molecule has 4 nitrogen and oxygen atoms in total. The molecule has 0 aliphatic heterocycles. The first-order valence-electron chi connectivity index (χ1n) is 10.7. The summed E-state index contributed by atoms with van der Waals surface area (Å²) in [7, 11) is 0. The number of benzene rings is 1. The smallest absolute Gasteiger partial charge is 0.420 e. The maximum atomic E-state index is 13.6. The molecule has 0 saturated carbocycles. The SMILES string of the molecule is C/C=C(\C=N/CCl)c1csc(Nc2ccc(OCCCCCCCC)c(C(F)(F)F)c2)n1. The maximum Gasteiger partial charge on any atom is 0.420 e. The second-order valence-corrected chi connectivity index (χ2v) is 8.26. The fourth-order valence-corrected chi connectivity index (χ4v) is 3.84. The summed E-state index contributed by atoms with van der Waals surface area (Å²) < 4.78 is 46.3. The summed E-state index contributed by atoms with van der Waals surface area (Å²) in [5.41, 5.74) is 0.948. The van der Waals surface area contributed by atoms with Crippen molar-refractivity contribution in [1.29, 1.82) is 0 Å². The van der Waals surface area contributed by atoms with E-state index in [9.17, 15) is 13.2 Å². The highest BCUT2D eigenvalue weighted by molar-refractivity contribution is 7.13. The molecule has 0 amide bonds. The quantitative estimate of drug-likeness (QED) is 0.134. The average Bonchev–Trinajstić information content (AvgIpc) is 3.22. The summed E-state index contributed by atoms with van der Waals surface area (Å²) >= 11 is 6.87. The summed E-state index contributed by atoms with van der Waals surface area (Å²) in [4.78, 5) is 8.41. The number of unbranched alkanes of at least 4 members (excludes halogenated alkanes) is 5. The Morgan fingerprint density at radius 3 is 2.66 bits per heavy atom. The van der Waals surface area contributed by atoms with Gasteiger partial charge < -0.3 is 10.1 Å². The van der Waals surface area contributed by atoms with Crippen LogP contribution < -0.4 is 10.1 Å². The van der Waals surface area contributed by atoms with Gasteiger partial charge in [-0.25, -0.2) is 4.98 Å². The number of aliphatic imine (C=N–C) groups is 1. The number of rotatable bonds is 13. The van der Waals surface area contributed by atoms with Gasteiger partial charge in [0.05, 0.1) is 17.9 Å². The van der Waals surface area contributed by atoms with Crippen molar-refractivity contribution in [2.24, 2.45) is 4.99 Å². The van der Waals surface area contributed by atoms with Gasteiger partial charge in [-0.2, -0.15) is 13.2 Å². The highest BCUT2D eigenvalue weighted by atomic mass is 35.5. The molecule has 1 heterocycles. The van der Waals surface area contributed by atoms with E-state index in [1.165, 1.54) is 23.8 Å². The molecule has 0 spiro atoms. The fraction of sp³-hybridized carbons (Fsp3) is 0.478. The van der Waals surface area contributed by atoms with Gasteiger partial charge in [0.15, 0.2) is 5.13 Å². The first-order chi connectivity index (χ1) is 15.4. The molecule has 1 aromatic heterocycles. The number of ether oxygens (including phenoxy) is 1. The zero-order valence-corrected chi connectivity index (χ0v) is 19.9. The van der Waals surface area contributed by atoms with Crippen LogP contribution in [0.3, 0.4) is 0 Å². The van der Waals surface area contributed by atoms with Crippen LogP contribution in [0.4, 0.5) is 24.0 Å². The normalized spacial score (nSPS) is 12.5. The number of nitrogens with one attached hydrogen (secondary N) is 1. The van der Waals surface area contributed by atoms with Crippen molar-refractivity contribution in [2.45, 2.75) is 58.5 Å². The highest BCUT2D eigenvalue weighted by Gasteiger charge is 2.34. The zero-order chi connectivity index (χ0) is 23.4. The predicted octanol–water partition coefficient (Wildman–Crippen LogP) is 8.32. The average molecular weight is 488 g/mol. The molecule has 0 radical (unpaired) electrons. The first-order valence-corrected chi connectivity index (χ1v) is 12.1. The van der Waals surface area contributed by atoms with Crippen molar-refractivity contribution in [1.82, 2.24) is 4.98 Å². The van der Waals surface area contributed by atoms with Gasteiger partial charge in [0.1, 0.15) is 11.8 Å². The first kappa shape index (κ1) is 26.2. The summed E-state index contributed by atoms with van der Waals surface area (Å²) in [6, 6.07) is 4.13. The van der Waals surface area contributed by atoms with Crippen molar-refractivity contribution in [3.05, 3.63) is 40.9 Å². The Labute approximate surface area is 196 Å². The third-order valence-electron chi connectivity index (χ3n) is 4.70. The molecule has 2 aromatic rings. The third kappa shape index (κ3) is 8.47. The Morgan fingerprint density at radius 1 is 1.22 bits per heavy atom. The molecule has 9 heteroatoms. The van der Waals surface area contributed by atoms with Gasteiger partial charge in [-0.3, -0.25) is 4.99 Å². The lowest BCUT2D eigenvalue weighted by molar-refractivity contribution is -0.138. The molecule has 0 aliphatic carbocycles. The van der Waals surface area contributed by atoms with Crippen molar-refractivity contribution in [3.8, 4) is 5.75 Å². The van der Waals surface area contributed by atoms with E-state index in [2.05, 4.69) is 22.2 Å².